The van der Waals surface area contributed by atoms with Crippen LogP contribution in [0.15, 0.2) is 47.5 Å². The number of benzene rings is 2. The Balaban J connectivity index is 1.87. The van der Waals surface area contributed by atoms with Gasteiger partial charge in [-0.3, -0.25) is 14.9 Å². The first-order valence-corrected chi connectivity index (χ1v) is 11.7. The van der Waals surface area contributed by atoms with Crippen molar-refractivity contribution in [1.29, 1.82) is 0 Å². The fourth-order valence-electron chi connectivity index (χ4n) is 3.60. The third kappa shape index (κ3) is 4.51. The summed E-state index contributed by atoms with van der Waals surface area (Å²) in [4.78, 5) is 23.4. The number of hydrogen-bond donors (Lipinski definition) is 1. The SMILES string of the molecule is CCN(CC)S(=O)(=O)c1cc(C)c(C)c(NC(=O)Cn2ccc3cc([N+](=O)[O-])ccc32)c1. The van der Waals surface area contributed by atoms with Crippen molar-refractivity contribution in [2.24, 2.45) is 0 Å². The number of fused-ring (bicyclic) bond motifs is 1. The summed E-state index contributed by atoms with van der Waals surface area (Å²) >= 11 is 0. The first-order chi connectivity index (χ1) is 15.1. The van der Waals surface area contributed by atoms with E-state index < -0.39 is 14.9 Å². The molecule has 170 valence electrons. The normalized spacial score (nSPS) is 11.8. The lowest BCUT2D eigenvalue weighted by molar-refractivity contribution is -0.384. The lowest BCUT2D eigenvalue weighted by atomic mass is 10.1. The minimum atomic E-state index is -3.67. The number of carbonyl (C=O) groups is 1. The summed E-state index contributed by atoms with van der Waals surface area (Å²) in [7, 11) is -3.67. The number of non-ortho nitro benzene ring substituents is 1. The third-order valence-corrected chi connectivity index (χ3v) is 7.57. The molecule has 32 heavy (non-hydrogen) atoms. The van der Waals surface area contributed by atoms with Crippen LogP contribution in [0.1, 0.15) is 25.0 Å². The molecule has 0 spiro atoms. The Hall–Kier alpha value is -3.24. The Morgan fingerprint density at radius 3 is 2.44 bits per heavy atom. The molecule has 2 aromatic carbocycles. The van der Waals surface area contributed by atoms with E-state index in [0.717, 1.165) is 11.1 Å². The maximum Gasteiger partial charge on any atom is 0.270 e. The lowest BCUT2D eigenvalue weighted by Gasteiger charge is -2.20. The predicted molar refractivity (Wildman–Crippen MR) is 123 cm³/mol. The highest BCUT2D eigenvalue weighted by atomic mass is 32.2. The van der Waals surface area contributed by atoms with Crippen LogP contribution >= 0.6 is 0 Å². The second-order valence-corrected chi connectivity index (χ2v) is 9.43. The van der Waals surface area contributed by atoms with Gasteiger partial charge in [0.25, 0.3) is 5.69 Å². The zero-order valence-electron chi connectivity index (χ0n) is 18.5. The molecule has 1 N–H and O–H groups in total. The van der Waals surface area contributed by atoms with Gasteiger partial charge in [0, 0.05) is 48.0 Å². The monoisotopic (exact) mass is 458 g/mol. The molecule has 0 aliphatic rings. The zero-order chi connectivity index (χ0) is 23.6. The van der Waals surface area contributed by atoms with Crippen molar-refractivity contribution in [3.05, 3.63) is 63.8 Å². The number of rotatable bonds is 8. The number of amides is 1. The van der Waals surface area contributed by atoms with E-state index >= 15 is 0 Å². The van der Waals surface area contributed by atoms with Gasteiger partial charge in [0.2, 0.25) is 15.9 Å². The van der Waals surface area contributed by atoms with E-state index in [2.05, 4.69) is 5.32 Å². The fraction of sp³-hybridized carbons (Fsp3) is 0.318. The largest absolute Gasteiger partial charge is 0.338 e. The molecule has 0 aliphatic carbocycles. The first-order valence-electron chi connectivity index (χ1n) is 10.2. The van der Waals surface area contributed by atoms with Gasteiger partial charge in [-0.05, 0) is 49.2 Å². The number of carbonyl (C=O) groups excluding carboxylic acids is 1. The van der Waals surface area contributed by atoms with E-state index in [1.807, 2.05) is 6.92 Å². The molecule has 1 amide bonds. The van der Waals surface area contributed by atoms with Crippen molar-refractivity contribution in [2.75, 3.05) is 18.4 Å². The average molecular weight is 459 g/mol. The van der Waals surface area contributed by atoms with Gasteiger partial charge >= 0.3 is 0 Å². The van der Waals surface area contributed by atoms with E-state index in [-0.39, 0.29) is 23.0 Å². The van der Waals surface area contributed by atoms with Crippen LogP contribution in [0.4, 0.5) is 11.4 Å². The summed E-state index contributed by atoms with van der Waals surface area (Å²) in [5, 5.41) is 14.4. The number of nitro groups is 1. The minimum absolute atomic E-state index is 0.0166. The van der Waals surface area contributed by atoms with Gasteiger partial charge in [-0.15, -0.1) is 0 Å². The molecule has 0 saturated carbocycles. The molecule has 3 rings (SSSR count). The number of aryl methyl sites for hydroxylation is 1. The smallest absolute Gasteiger partial charge is 0.270 e. The number of nitro benzene ring substituents is 1. The van der Waals surface area contributed by atoms with E-state index in [1.54, 1.807) is 49.7 Å². The summed E-state index contributed by atoms with van der Waals surface area (Å²) in [6.07, 6.45) is 1.69. The van der Waals surface area contributed by atoms with Gasteiger partial charge in [-0.25, -0.2) is 8.42 Å². The van der Waals surface area contributed by atoms with E-state index in [1.165, 1.54) is 22.5 Å². The van der Waals surface area contributed by atoms with Crippen LogP contribution in [0, 0.1) is 24.0 Å². The summed E-state index contributed by atoms with van der Waals surface area (Å²) in [5.41, 5.74) is 2.65. The summed E-state index contributed by atoms with van der Waals surface area (Å²) in [6.45, 7) is 7.87. The number of anilines is 1. The molecule has 0 radical (unpaired) electrons. The summed E-state index contributed by atoms with van der Waals surface area (Å²) in [5.74, 6) is -0.333. The molecule has 3 aromatic rings. The van der Waals surface area contributed by atoms with Crippen LogP contribution in [0.3, 0.4) is 0 Å². The lowest BCUT2D eigenvalue weighted by Crippen LogP contribution is -2.30. The van der Waals surface area contributed by atoms with E-state index in [9.17, 15) is 23.3 Å². The highest BCUT2D eigenvalue weighted by Gasteiger charge is 2.23. The molecule has 0 fully saturated rings. The van der Waals surface area contributed by atoms with E-state index in [0.29, 0.717) is 29.7 Å². The Labute approximate surface area is 186 Å². The van der Waals surface area contributed by atoms with Gasteiger partial charge in [-0.2, -0.15) is 4.31 Å². The van der Waals surface area contributed by atoms with Crippen molar-refractivity contribution < 1.29 is 18.1 Å². The molecule has 10 heteroatoms. The summed E-state index contributed by atoms with van der Waals surface area (Å²) in [6, 6.07) is 9.27. The molecule has 0 bridgehead atoms. The van der Waals surface area contributed by atoms with Crippen LogP contribution in [0.25, 0.3) is 10.9 Å². The van der Waals surface area contributed by atoms with Crippen molar-refractivity contribution in [2.45, 2.75) is 39.1 Å². The Morgan fingerprint density at radius 1 is 1.12 bits per heavy atom. The number of sulfonamides is 1. The predicted octanol–water partition coefficient (Wildman–Crippen LogP) is 3.84. The van der Waals surface area contributed by atoms with Crippen molar-refractivity contribution in [3.63, 3.8) is 0 Å². The van der Waals surface area contributed by atoms with Gasteiger partial charge in [0.05, 0.1) is 9.82 Å². The number of nitrogens with one attached hydrogen (secondary N) is 1. The number of nitrogens with zero attached hydrogens (tertiary/aromatic N) is 3. The molecule has 0 saturated heterocycles. The second-order valence-electron chi connectivity index (χ2n) is 7.49. The van der Waals surface area contributed by atoms with Gasteiger partial charge in [0.1, 0.15) is 6.54 Å². The van der Waals surface area contributed by atoms with Crippen LogP contribution in [0.2, 0.25) is 0 Å². The molecule has 0 aliphatic heterocycles. The average Bonchev–Trinajstić information content (AvgIpc) is 3.13. The fourth-order valence-corrected chi connectivity index (χ4v) is 5.17. The zero-order valence-corrected chi connectivity index (χ0v) is 19.3. The maximum atomic E-state index is 12.9. The molecule has 0 unspecified atom stereocenters. The molecular formula is C22H26N4O5S. The third-order valence-electron chi connectivity index (χ3n) is 5.54. The Bertz CT molecular complexity index is 1290. The summed E-state index contributed by atoms with van der Waals surface area (Å²) < 4.78 is 28.9. The van der Waals surface area contributed by atoms with Crippen molar-refractivity contribution >= 4 is 38.2 Å². The van der Waals surface area contributed by atoms with Gasteiger partial charge in [0.15, 0.2) is 0 Å². The number of hydrogen-bond acceptors (Lipinski definition) is 5. The molecule has 1 heterocycles. The molecule has 9 nitrogen and oxygen atoms in total. The Kier molecular flexibility index (Phi) is 6.65. The van der Waals surface area contributed by atoms with Crippen LogP contribution in [-0.2, 0) is 21.4 Å². The van der Waals surface area contributed by atoms with Crippen LogP contribution in [0.5, 0.6) is 0 Å². The standard InChI is InChI=1S/C22H26N4O5S/c1-5-25(6-2)32(30,31)19-11-15(3)16(4)20(13-19)23-22(27)14-24-10-9-17-12-18(26(28)29)7-8-21(17)24/h7-13H,5-6,14H2,1-4H3,(H,23,27). The molecule has 1 aromatic heterocycles. The highest BCUT2D eigenvalue weighted by Crippen LogP contribution is 2.27. The maximum absolute atomic E-state index is 12.9. The topological polar surface area (TPSA) is 115 Å². The van der Waals surface area contributed by atoms with Crippen molar-refractivity contribution in [1.82, 2.24) is 8.87 Å². The number of aromatic nitrogens is 1. The first kappa shape index (κ1) is 23.4. The quantitative estimate of drug-likeness (QED) is 0.407. The Morgan fingerprint density at radius 2 is 1.81 bits per heavy atom. The molecular weight excluding hydrogens is 432 g/mol. The van der Waals surface area contributed by atoms with Gasteiger partial charge in [-0.1, -0.05) is 13.8 Å². The van der Waals surface area contributed by atoms with Gasteiger partial charge < -0.3 is 9.88 Å². The molecule has 0 atom stereocenters. The second kappa shape index (κ2) is 9.09. The van der Waals surface area contributed by atoms with Crippen LogP contribution < -0.4 is 5.32 Å². The van der Waals surface area contributed by atoms with E-state index in [4.69, 9.17) is 0 Å². The van der Waals surface area contributed by atoms with Crippen LogP contribution in [-0.4, -0.2) is 41.2 Å². The van der Waals surface area contributed by atoms with Crippen molar-refractivity contribution in [3.8, 4) is 0 Å². The highest BCUT2D eigenvalue weighted by molar-refractivity contribution is 7.89. The minimum Gasteiger partial charge on any atom is -0.338 e.